The van der Waals surface area contributed by atoms with E-state index in [1.807, 2.05) is 31.2 Å². The van der Waals surface area contributed by atoms with Gasteiger partial charge in [-0.15, -0.1) is 0 Å². The molecular weight excluding hydrogens is 364 g/mol. The molecule has 6 nitrogen and oxygen atoms in total. The van der Waals surface area contributed by atoms with Crippen molar-refractivity contribution >= 4 is 35.2 Å². The molecule has 146 valence electrons. The van der Waals surface area contributed by atoms with Gasteiger partial charge in [0.25, 0.3) is 5.91 Å². The largest absolute Gasteiger partial charge is 0.466 e. The summed E-state index contributed by atoms with van der Waals surface area (Å²) in [6.45, 7) is 7.26. The Morgan fingerprint density at radius 3 is 2.52 bits per heavy atom. The summed E-state index contributed by atoms with van der Waals surface area (Å²) in [5.41, 5.74) is 0.862. The highest BCUT2D eigenvalue weighted by atomic mass is 32.2. The Balaban J connectivity index is 1.77. The number of thioether (sulfide) groups is 1. The number of anilines is 1. The number of hydrogen-bond donors (Lipinski definition) is 0. The molecule has 0 N–H and O–H groups in total. The Kier molecular flexibility index (Phi) is 5.79. The SMILES string of the molecule is CCOC(=O)C1CCN(C(=O)C2(C)Sc3ccccc3N(CC)C2=O)CC1. The van der Waals surface area contributed by atoms with E-state index in [1.165, 1.54) is 11.8 Å². The lowest BCUT2D eigenvalue weighted by Crippen LogP contribution is -2.58. The summed E-state index contributed by atoms with van der Waals surface area (Å²) in [7, 11) is 0. The second-order valence-electron chi connectivity index (χ2n) is 6.97. The van der Waals surface area contributed by atoms with Crippen molar-refractivity contribution in [3.63, 3.8) is 0 Å². The number of likely N-dealkylation sites (tertiary alicyclic amines) is 1. The van der Waals surface area contributed by atoms with Gasteiger partial charge in [0.1, 0.15) is 0 Å². The van der Waals surface area contributed by atoms with Crippen molar-refractivity contribution in [1.82, 2.24) is 4.90 Å². The van der Waals surface area contributed by atoms with Gasteiger partial charge in [-0.2, -0.15) is 0 Å². The van der Waals surface area contributed by atoms with Crippen molar-refractivity contribution in [3.8, 4) is 0 Å². The van der Waals surface area contributed by atoms with Crippen molar-refractivity contribution in [3.05, 3.63) is 24.3 Å². The van der Waals surface area contributed by atoms with Crippen molar-refractivity contribution in [1.29, 1.82) is 0 Å². The Hall–Kier alpha value is -2.02. The Labute approximate surface area is 164 Å². The fourth-order valence-electron chi connectivity index (χ4n) is 3.73. The van der Waals surface area contributed by atoms with E-state index in [0.29, 0.717) is 39.1 Å². The molecule has 2 amide bonds. The van der Waals surface area contributed by atoms with Gasteiger partial charge in [0.15, 0.2) is 4.75 Å². The monoisotopic (exact) mass is 390 g/mol. The van der Waals surface area contributed by atoms with Crippen molar-refractivity contribution < 1.29 is 19.1 Å². The topological polar surface area (TPSA) is 66.9 Å². The third kappa shape index (κ3) is 3.57. The first-order valence-corrected chi connectivity index (χ1v) is 10.3. The van der Waals surface area contributed by atoms with E-state index < -0.39 is 4.75 Å². The molecule has 1 atom stereocenters. The molecule has 1 unspecified atom stereocenters. The van der Waals surface area contributed by atoms with Crippen molar-refractivity contribution in [2.75, 3.05) is 31.1 Å². The van der Waals surface area contributed by atoms with E-state index >= 15 is 0 Å². The van der Waals surface area contributed by atoms with Crippen molar-refractivity contribution in [2.24, 2.45) is 5.92 Å². The first-order chi connectivity index (χ1) is 12.9. The fraction of sp³-hybridized carbons (Fsp3) is 0.550. The minimum Gasteiger partial charge on any atom is -0.466 e. The van der Waals surface area contributed by atoms with Crippen LogP contribution in [0.25, 0.3) is 0 Å². The predicted molar refractivity (Wildman–Crippen MR) is 105 cm³/mol. The number of fused-ring (bicyclic) bond motifs is 1. The van der Waals surface area contributed by atoms with E-state index in [-0.39, 0.29) is 23.7 Å². The number of piperidine rings is 1. The molecule has 1 aromatic carbocycles. The van der Waals surface area contributed by atoms with Crippen LogP contribution in [0.2, 0.25) is 0 Å². The molecule has 3 rings (SSSR count). The van der Waals surface area contributed by atoms with E-state index in [0.717, 1.165) is 10.6 Å². The van der Waals surface area contributed by atoms with Crippen LogP contribution < -0.4 is 4.90 Å². The zero-order valence-corrected chi connectivity index (χ0v) is 16.9. The molecule has 2 aliphatic rings. The Morgan fingerprint density at radius 2 is 1.89 bits per heavy atom. The van der Waals surface area contributed by atoms with Crippen LogP contribution in [-0.2, 0) is 19.1 Å². The van der Waals surface area contributed by atoms with E-state index in [2.05, 4.69) is 0 Å². The van der Waals surface area contributed by atoms with Gasteiger partial charge in [-0.3, -0.25) is 14.4 Å². The number of nitrogens with zero attached hydrogens (tertiary/aromatic N) is 2. The fourth-order valence-corrected chi connectivity index (χ4v) is 5.01. The molecule has 1 fully saturated rings. The lowest BCUT2D eigenvalue weighted by molar-refractivity contribution is -0.152. The normalized spacial score (nSPS) is 23.1. The Bertz CT molecular complexity index is 745. The summed E-state index contributed by atoms with van der Waals surface area (Å²) < 4.78 is 3.91. The number of para-hydroxylation sites is 1. The smallest absolute Gasteiger partial charge is 0.309 e. The molecule has 1 aromatic rings. The van der Waals surface area contributed by atoms with Gasteiger partial charge in [0, 0.05) is 24.5 Å². The zero-order valence-electron chi connectivity index (χ0n) is 16.1. The molecule has 0 saturated carbocycles. The summed E-state index contributed by atoms with van der Waals surface area (Å²) in [6, 6.07) is 7.69. The summed E-state index contributed by atoms with van der Waals surface area (Å²) >= 11 is 1.33. The maximum Gasteiger partial charge on any atom is 0.309 e. The Morgan fingerprint density at radius 1 is 1.22 bits per heavy atom. The quantitative estimate of drug-likeness (QED) is 0.584. The molecule has 2 aliphatic heterocycles. The zero-order chi connectivity index (χ0) is 19.6. The third-order valence-corrected chi connectivity index (χ3v) is 6.57. The van der Waals surface area contributed by atoms with Crippen molar-refractivity contribution in [2.45, 2.75) is 43.3 Å². The van der Waals surface area contributed by atoms with Gasteiger partial charge in [0.2, 0.25) is 5.91 Å². The minimum absolute atomic E-state index is 0.163. The number of amides is 2. The molecule has 27 heavy (non-hydrogen) atoms. The molecule has 0 radical (unpaired) electrons. The van der Waals surface area contributed by atoms with Gasteiger partial charge < -0.3 is 14.5 Å². The van der Waals surface area contributed by atoms with Crippen LogP contribution >= 0.6 is 11.8 Å². The van der Waals surface area contributed by atoms with E-state index in [4.69, 9.17) is 4.74 Å². The molecule has 2 heterocycles. The van der Waals surface area contributed by atoms with Crippen LogP contribution in [0.4, 0.5) is 5.69 Å². The summed E-state index contributed by atoms with van der Waals surface area (Å²) in [4.78, 5) is 42.7. The van der Waals surface area contributed by atoms with Gasteiger partial charge >= 0.3 is 5.97 Å². The van der Waals surface area contributed by atoms with Crippen LogP contribution in [0, 0.1) is 5.92 Å². The van der Waals surface area contributed by atoms with Crippen LogP contribution in [0.15, 0.2) is 29.2 Å². The highest BCUT2D eigenvalue weighted by molar-refractivity contribution is 8.02. The highest BCUT2D eigenvalue weighted by Gasteiger charge is 2.51. The molecule has 0 aliphatic carbocycles. The first kappa shape index (κ1) is 19.7. The number of benzene rings is 1. The molecule has 0 bridgehead atoms. The highest BCUT2D eigenvalue weighted by Crippen LogP contribution is 2.46. The second-order valence-corrected chi connectivity index (χ2v) is 8.43. The van der Waals surface area contributed by atoms with E-state index in [9.17, 15) is 14.4 Å². The minimum atomic E-state index is -1.18. The van der Waals surface area contributed by atoms with Crippen LogP contribution in [-0.4, -0.2) is 53.7 Å². The lowest BCUT2D eigenvalue weighted by atomic mass is 9.95. The van der Waals surface area contributed by atoms with Gasteiger partial charge in [-0.05, 0) is 45.7 Å². The average molecular weight is 391 g/mol. The average Bonchev–Trinajstić information content (AvgIpc) is 2.69. The summed E-state index contributed by atoms with van der Waals surface area (Å²) in [6.07, 6.45) is 1.15. The first-order valence-electron chi connectivity index (χ1n) is 9.48. The summed E-state index contributed by atoms with van der Waals surface area (Å²) in [5, 5.41) is 0. The molecule has 0 spiro atoms. The number of carbonyl (C=O) groups excluding carboxylic acids is 3. The van der Waals surface area contributed by atoms with Crippen LogP contribution in [0.1, 0.15) is 33.6 Å². The predicted octanol–water partition coefficient (Wildman–Crippen LogP) is 2.71. The maximum absolute atomic E-state index is 13.3. The third-order valence-electron chi connectivity index (χ3n) is 5.25. The molecule has 7 heteroatoms. The molecular formula is C20H26N2O4S. The number of ether oxygens (including phenoxy) is 1. The van der Waals surface area contributed by atoms with Gasteiger partial charge in [-0.1, -0.05) is 23.9 Å². The second kappa shape index (κ2) is 7.92. The summed E-state index contributed by atoms with van der Waals surface area (Å²) in [5.74, 6) is -0.701. The van der Waals surface area contributed by atoms with Crippen LogP contribution in [0.5, 0.6) is 0 Å². The lowest BCUT2D eigenvalue weighted by Gasteiger charge is -2.42. The van der Waals surface area contributed by atoms with Gasteiger partial charge in [0.05, 0.1) is 18.2 Å². The molecule has 1 saturated heterocycles. The van der Waals surface area contributed by atoms with Crippen LogP contribution in [0.3, 0.4) is 0 Å². The number of carbonyl (C=O) groups is 3. The number of rotatable bonds is 4. The number of hydrogen-bond acceptors (Lipinski definition) is 5. The van der Waals surface area contributed by atoms with Gasteiger partial charge in [-0.25, -0.2) is 0 Å². The standard InChI is InChI=1S/C20H26N2O4S/c1-4-22-15-8-6-7-9-16(15)27-20(3,19(22)25)18(24)21-12-10-14(11-13-21)17(23)26-5-2/h6-9,14H,4-5,10-13H2,1-3H3. The van der Waals surface area contributed by atoms with E-state index in [1.54, 1.807) is 23.6 Å². The molecule has 0 aromatic heterocycles. The number of esters is 1. The maximum atomic E-state index is 13.3.